The SMILES string of the molecule is CC(C)(N)CCC(C)(C)O. The summed E-state index contributed by atoms with van der Waals surface area (Å²) in [6.07, 6.45) is 1.62. The largest absolute Gasteiger partial charge is 0.390 e. The minimum absolute atomic E-state index is 0.153. The predicted octanol–water partition coefficient (Wildman–Crippen LogP) is 1.27. The Kier molecular flexibility index (Phi) is 2.86. The molecule has 2 heteroatoms. The first-order chi connectivity index (χ1) is 4.21. The minimum atomic E-state index is -0.573. The molecule has 0 saturated carbocycles. The van der Waals surface area contributed by atoms with Gasteiger partial charge in [0.1, 0.15) is 0 Å². The highest BCUT2D eigenvalue weighted by molar-refractivity contribution is 4.76. The lowest BCUT2D eigenvalue weighted by atomic mass is 9.93. The molecule has 62 valence electrons. The van der Waals surface area contributed by atoms with Gasteiger partial charge in [-0.25, -0.2) is 0 Å². The van der Waals surface area contributed by atoms with Crippen LogP contribution in [-0.2, 0) is 0 Å². The summed E-state index contributed by atoms with van der Waals surface area (Å²) in [4.78, 5) is 0. The molecule has 0 atom stereocenters. The molecule has 0 aliphatic rings. The summed E-state index contributed by atoms with van der Waals surface area (Å²) in [6, 6.07) is 0. The Labute approximate surface area is 63.4 Å². The van der Waals surface area contributed by atoms with Gasteiger partial charge in [-0.15, -0.1) is 0 Å². The maximum absolute atomic E-state index is 9.33. The molecule has 0 radical (unpaired) electrons. The van der Waals surface area contributed by atoms with Crippen LogP contribution in [0.4, 0.5) is 0 Å². The third-order valence-corrected chi connectivity index (χ3v) is 1.38. The Balaban J connectivity index is 3.56. The monoisotopic (exact) mass is 145 g/mol. The molecule has 0 bridgehead atoms. The smallest absolute Gasteiger partial charge is 0.0592 e. The summed E-state index contributed by atoms with van der Waals surface area (Å²) in [5.74, 6) is 0. The summed E-state index contributed by atoms with van der Waals surface area (Å²) < 4.78 is 0. The van der Waals surface area contributed by atoms with Crippen molar-refractivity contribution in [3.63, 3.8) is 0 Å². The Morgan fingerprint density at radius 1 is 1.10 bits per heavy atom. The lowest BCUT2D eigenvalue weighted by molar-refractivity contribution is 0.0631. The average Bonchev–Trinajstić information content (AvgIpc) is 1.57. The van der Waals surface area contributed by atoms with Gasteiger partial charge < -0.3 is 10.8 Å². The molecule has 0 heterocycles. The summed E-state index contributed by atoms with van der Waals surface area (Å²) in [7, 11) is 0. The van der Waals surface area contributed by atoms with E-state index in [0.29, 0.717) is 0 Å². The Hall–Kier alpha value is -0.0800. The van der Waals surface area contributed by atoms with Crippen molar-refractivity contribution < 1.29 is 5.11 Å². The number of nitrogens with two attached hydrogens (primary N) is 1. The van der Waals surface area contributed by atoms with E-state index in [1.54, 1.807) is 13.8 Å². The molecule has 0 amide bonds. The Morgan fingerprint density at radius 2 is 1.50 bits per heavy atom. The molecule has 0 aliphatic carbocycles. The van der Waals surface area contributed by atoms with Gasteiger partial charge in [0.15, 0.2) is 0 Å². The molecule has 0 rings (SSSR count). The van der Waals surface area contributed by atoms with Crippen LogP contribution in [0.15, 0.2) is 0 Å². The minimum Gasteiger partial charge on any atom is -0.390 e. The highest BCUT2D eigenvalue weighted by Gasteiger charge is 2.18. The summed E-state index contributed by atoms with van der Waals surface area (Å²) in [5, 5.41) is 9.33. The van der Waals surface area contributed by atoms with Crippen molar-refractivity contribution in [2.75, 3.05) is 0 Å². The topological polar surface area (TPSA) is 46.2 Å². The fraction of sp³-hybridized carbons (Fsp3) is 1.00. The molecule has 0 fully saturated rings. The van der Waals surface area contributed by atoms with Crippen molar-refractivity contribution in [1.82, 2.24) is 0 Å². The molecule has 10 heavy (non-hydrogen) atoms. The molecule has 0 aliphatic heterocycles. The molecule has 2 nitrogen and oxygen atoms in total. The molecular formula is C8H19NO. The molecule has 0 unspecified atom stereocenters. The fourth-order valence-corrected chi connectivity index (χ4v) is 0.628. The second-order valence-electron chi connectivity index (χ2n) is 4.30. The average molecular weight is 145 g/mol. The van der Waals surface area contributed by atoms with E-state index in [-0.39, 0.29) is 5.54 Å². The number of aliphatic hydroxyl groups is 1. The van der Waals surface area contributed by atoms with E-state index in [1.165, 1.54) is 0 Å². The van der Waals surface area contributed by atoms with Crippen LogP contribution in [0, 0.1) is 0 Å². The summed E-state index contributed by atoms with van der Waals surface area (Å²) in [6.45, 7) is 7.55. The van der Waals surface area contributed by atoms with Gasteiger partial charge in [-0.3, -0.25) is 0 Å². The van der Waals surface area contributed by atoms with Crippen molar-refractivity contribution >= 4 is 0 Å². The highest BCUT2D eigenvalue weighted by atomic mass is 16.3. The lowest BCUT2D eigenvalue weighted by Gasteiger charge is -2.24. The van der Waals surface area contributed by atoms with Crippen LogP contribution in [-0.4, -0.2) is 16.2 Å². The summed E-state index contributed by atoms with van der Waals surface area (Å²) >= 11 is 0. The van der Waals surface area contributed by atoms with Gasteiger partial charge in [-0.2, -0.15) is 0 Å². The maximum atomic E-state index is 9.33. The van der Waals surface area contributed by atoms with Gasteiger partial charge in [-0.1, -0.05) is 0 Å². The highest BCUT2D eigenvalue weighted by Crippen LogP contribution is 2.16. The van der Waals surface area contributed by atoms with Gasteiger partial charge in [0.05, 0.1) is 5.60 Å². The van der Waals surface area contributed by atoms with Crippen LogP contribution in [0.5, 0.6) is 0 Å². The van der Waals surface area contributed by atoms with Crippen LogP contribution < -0.4 is 5.73 Å². The van der Waals surface area contributed by atoms with Crippen molar-refractivity contribution in [1.29, 1.82) is 0 Å². The second kappa shape index (κ2) is 2.89. The first-order valence-corrected chi connectivity index (χ1v) is 3.72. The van der Waals surface area contributed by atoms with Gasteiger partial charge in [0.25, 0.3) is 0 Å². The Bertz CT molecular complexity index is 82.8. The zero-order valence-electron chi connectivity index (χ0n) is 7.44. The van der Waals surface area contributed by atoms with Gasteiger partial charge in [-0.05, 0) is 40.5 Å². The van der Waals surface area contributed by atoms with Crippen molar-refractivity contribution in [2.24, 2.45) is 5.73 Å². The standard InChI is InChI=1S/C8H19NO/c1-7(2,9)5-6-8(3,4)10/h10H,5-6,9H2,1-4H3. The van der Waals surface area contributed by atoms with Crippen LogP contribution in [0.1, 0.15) is 40.5 Å². The molecule has 0 saturated heterocycles. The first kappa shape index (κ1) is 9.92. The van der Waals surface area contributed by atoms with Crippen molar-refractivity contribution in [3.05, 3.63) is 0 Å². The third-order valence-electron chi connectivity index (χ3n) is 1.38. The predicted molar refractivity (Wildman–Crippen MR) is 43.8 cm³/mol. The number of hydrogen-bond acceptors (Lipinski definition) is 2. The van der Waals surface area contributed by atoms with E-state index >= 15 is 0 Å². The van der Waals surface area contributed by atoms with Crippen molar-refractivity contribution in [3.8, 4) is 0 Å². The molecule has 0 aromatic carbocycles. The molecule has 0 spiro atoms. The van der Waals surface area contributed by atoms with E-state index < -0.39 is 5.60 Å². The molecular weight excluding hydrogens is 126 g/mol. The molecule has 0 aromatic heterocycles. The maximum Gasteiger partial charge on any atom is 0.0592 e. The van der Waals surface area contributed by atoms with E-state index in [4.69, 9.17) is 5.73 Å². The number of hydrogen-bond donors (Lipinski definition) is 2. The summed E-state index contributed by atoms with van der Waals surface area (Å²) in [5.41, 5.74) is 5.01. The quantitative estimate of drug-likeness (QED) is 0.628. The van der Waals surface area contributed by atoms with E-state index in [0.717, 1.165) is 12.8 Å². The zero-order valence-corrected chi connectivity index (χ0v) is 7.44. The zero-order chi connectivity index (χ0) is 8.41. The molecule has 0 aromatic rings. The third kappa shape index (κ3) is 7.92. The van der Waals surface area contributed by atoms with E-state index in [9.17, 15) is 5.11 Å². The normalized spacial score (nSPS) is 13.8. The van der Waals surface area contributed by atoms with Crippen LogP contribution >= 0.6 is 0 Å². The number of rotatable bonds is 3. The Morgan fingerprint density at radius 3 is 1.60 bits per heavy atom. The van der Waals surface area contributed by atoms with Gasteiger partial charge in [0.2, 0.25) is 0 Å². The first-order valence-electron chi connectivity index (χ1n) is 3.72. The molecule has 3 N–H and O–H groups in total. The van der Waals surface area contributed by atoms with E-state index in [2.05, 4.69) is 0 Å². The fourth-order valence-electron chi connectivity index (χ4n) is 0.628. The van der Waals surface area contributed by atoms with Crippen LogP contribution in [0.25, 0.3) is 0 Å². The van der Waals surface area contributed by atoms with Gasteiger partial charge >= 0.3 is 0 Å². The van der Waals surface area contributed by atoms with Gasteiger partial charge in [0, 0.05) is 5.54 Å². The van der Waals surface area contributed by atoms with Crippen molar-refractivity contribution in [2.45, 2.75) is 51.7 Å². The second-order valence-corrected chi connectivity index (χ2v) is 4.30. The van der Waals surface area contributed by atoms with Crippen LogP contribution in [0.2, 0.25) is 0 Å². The lowest BCUT2D eigenvalue weighted by Crippen LogP contribution is -2.34. The van der Waals surface area contributed by atoms with E-state index in [1.807, 2.05) is 13.8 Å². The van der Waals surface area contributed by atoms with Crippen LogP contribution in [0.3, 0.4) is 0 Å².